The monoisotopic (exact) mass is 314 g/mol. The van der Waals surface area contributed by atoms with E-state index in [1.165, 1.54) is 0 Å². The van der Waals surface area contributed by atoms with Crippen molar-refractivity contribution >= 4 is 15.9 Å². The Hall–Kier alpha value is -0.900. The second-order valence-corrected chi connectivity index (χ2v) is 6.03. The van der Waals surface area contributed by atoms with Gasteiger partial charge in [-0.3, -0.25) is 0 Å². The van der Waals surface area contributed by atoms with Gasteiger partial charge in [-0.1, -0.05) is 28.4 Å². The topological polar surface area (TPSA) is 20.2 Å². The molecule has 18 heavy (non-hydrogen) atoms. The molecule has 2 aliphatic rings. The zero-order valence-electron chi connectivity index (χ0n) is 9.67. The molecule has 0 spiro atoms. The van der Waals surface area contributed by atoms with Crippen molar-refractivity contribution in [3.63, 3.8) is 0 Å². The third kappa shape index (κ3) is 1.78. The van der Waals surface area contributed by atoms with Crippen molar-refractivity contribution in [3.8, 4) is 5.75 Å². The maximum atomic E-state index is 13.9. The Kier molecular flexibility index (Phi) is 2.93. The number of benzene rings is 1. The summed E-state index contributed by atoms with van der Waals surface area (Å²) < 4.78 is 28.8. The van der Waals surface area contributed by atoms with E-state index < -0.39 is 11.6 Å². The maximum Gasteiger partial charge on any atom is 0.133 e. The number of allylic oxidation sites excluding steroid dienone is 2. The Morgan fingerprint density at radius 1 is 1.17 bits per heavy atom. The summed E-state index contributed by atoms with van der Waals surface area (Å²) in [7, 11) is 0. The van der Waals surface area contributed by atoms with E-state index in [1.807, 2.05) is 0 Å². The van der Waals surface area contributed by atoms with Crippen molar-refractivity contribution < 1.29 is 13.9 Å². The molecule has 96 valence electrons. The van der Waals surface area contributed by atoms with Crippen LogP contribution in [0.1, 0.15) is 30.7 Å². The molecule has 0 amide bonds. The van der Waals surface area contributed by atoms with Gasteiger partial charge in [-0.25, -0.2) is 8.78 Å². The van der Waals surface area contributed by atoms with Crippen molar-refractivity contribution in [2.45, 2.75) is 25.2 Å². The minimum Gasteiger partial charge on any atom is -0.508 e. The Morgan fingerprint density at radius 2 is 1.83 bits per heavy atom. The lowest BCUT2D eigenvalue weighted by Gasteiger charge is -2.21. The van der Waals surface area contributed by atoms with E-state index in [2.05, 4.69) is 22.0 Å². The number of halogens is 3. The van der Waals surface area contributed by atoms with Crippen molar-refractivity contribution in [2.24, 2.45) is 11.8 Å². The summed E-state index contributed by atoms with van der Waals surface area (Å²) in [6.07, 6.45) is 5.30. The van der Waals surface area contributed by atoms with Crippen LogP contribution in [0, 0.1) is 23.5 Å². The average molecular weight is 315 g/mol. The van der Waals surface area contributed by atoms with Crippen LogP contribution in [-0.4, -0.2) is 5.11 Å². The Labute approximate surface area is 113 Å². The first-order valence-electron chi connectivity index (χ1n) is 6.13. The van der Waals surface area contributed by atoms with Crippen molar-refractivity contribution in [2.75, 3.05) is 0 Å². The predicted molar refractivity (Wildman–Crippen MR) is 68.6 cm³/mol. The minimum atomic E-state index is -0.657. The molecule has 0 aliphatic heterocycles. The maximum absolute atomic E-state index is 13.9. The number of phenols is 1. The summed E-state index contributed by atoms with van der Waals surface area (Å²) in [5.74, 6) is -1.20. The second-order valence-electron chi connectivity index (χ2n) is 5.11. The quantitative estimate of drug-likeness (QED) is 0.811. The molecule has 3 atom stereocenters. The van der Waals surface area contributed by atoms with Gasteiger partial charge in [-0.2, -0.15) is 0 Å². The molecule has 0 aromatic heterocycles. The van der Waals surface area contributed by atoms with Gasteiger partial charge in [0.25, 0.3) is 0 Å². The van der Waals surface area contributed by atoms with Gasteiger partial charge in [0.2, 0.25) is 0 Å². The molecule has 0 heterocycles. The van der Waals surface area contributed by atoms with E-state index in [0.717, 1.165) is 35.9 Å². The second kappa shape index (κ2) is 4.34. The molecule has 0 radical (unpaired) electrons. The first kappa shape index (κ1) is 12.2. The predicted octanol–water partition coefficient (Wildman–Crippen LogP) is 4.46. The zero-order chi connectivity index (χ0) is 12.9. The summed E-state index contributed by atoms with van der Waals surface area (Å²) in [5, 5.41) is 9.21. The van der Waals surface area contributed by atoms with E-state index in [9.17, 15) is 13.9 Å². The van der Waals surface area contributed by atoms with Gasteiger partial charge in [0.1, 0.15) is 17.4 Å². The molecule has 1 nitrogen and oxygen atoms in total. The highest BCUT2D eigenvalue weighted by Crippen LogP contribution is 2.54. The van der Waals surface area contributed by atoms with Crippen molar-refractivity contribution in [1.82, 2.24) is 0 Å². The standard InChI is InChI=1S/C14H13BrF2O/c15-10-4-7-2-1-3-9(7)13(10)14-11(16)5-8(18)6-12(14)17/h4-7,9,13,18H,1-3H2. The normalized spacial score (nSPS) is 30.4. The van der Waals surface area contributed by atoms with Crippen LogP contribution in [0.15, 0.2) is 22.7 Å². The van der Waals surface area contributed by atoms with Gasteiger partial charge >= 0.3 is 0 Å². The van der Waals surface area contributed by atoms with Gasteiger partial charge in [0.05, 0.1) is 0 Å². The molecule has 1 N–H and O–H groups in total. The van der Waals surface area contributed by atoms with E-state index in [1.54, 1.807) is 0 Å². The fourth-order valence-electron chi connectivity index (χ4n) is 3.37. The lowest BCUT2D eigenvalue weighted by Crippen LogP contribution is -2.13. The van der Waals surface area contributed by atoms with Crippen LogP contribution in [0.3, 0.4) is 0 Å². The minimum absolute atomic E-state index is 0.0883. The molecule has 2 aliphatic carbocycles. The highest BCUT2D eigenvalue weighted by atomic mass is 79.9. The number of hydrogen-bond acceptors (Lipinski definition) is 1. The highest BCUT2D eigenvalue weighted by Gasteiger charge is 2.42. The van der Waals surface area contributed by atoms with Crippen LogP contribution < -0.4 is 0 Å². The highest BCUT2D eigenvalue weighted by molar-refractivity contribution is 9.11. The molecular formula is C14H13BrF2O. The van der Waals surface area contributed by atoms with E-state index in [4.69, 9.17) is 0 Å². The van der Waals surface area contributed by atoms with Crippen LogP contribution in [0.2, 0.25) is 0 Å². The van der Waals surface area contributed by atoms with Crippen LogP contribution in [0.5, 0.6) is 5.75 Å². The third-order valence-electron chi connectivity index (χ3n) is 4.10. The van der Waals surface area contributed by atoms with E-state index >= 15 is 0 Å². The van der Waals surface area contributed by atoms with Gasteiger partial charge in [0.15, 0.2) is 0 Å². The molecule has 3 rings (SSSR count). The number of hydrogen-bond donors (Lipinski definition) is 1. The fourth-order valence-corrected chi connectivity index (χ4v) is 4.28. The molecular weight excluding hydrogens is 302 g/mol. The Bertz CT molecular complexity index is 504. The van der Waals surface area contributed by atoms with Gasteiger partial charge in [-0.15, -0.1) is 0 Å². The number of aromatic hydroxyl groups is 1. The first-order chi connectivity index (χ1) is 8.58. The lowest BCUT2D eigenvalue weighted by atomic mass is 9.85. The molecule has 1 aromatic carbocycles. The molecule has 4 heteroatoms. The Morgan fingerprint density at radius 3 is 2.50 bits per heavy atom. The average Bonchev–Trinajstić information content (AvgIpc) is 2.80. The van der Waals surface area contributed by atoms with Crippen molar-refractivity contribution in [1.29, 1.82) is 0 Å². The molecule has 0 bridgehead atoms. The summed E-state index contributed by atoms with van der Waals surface area (Å²) >= 11 is 3.45. The van der Waals surface area contributed by atoms with Crippen molar-refractivity contribution in [3.05, 3.63) is 39.9 Å². The van der Waals surface area contributed by atoms with Gasteiger partial charge in [0, 0.05) is 23.6 Å². The van der Waals surface area contributed by atoms with Gasteiger partial charge in [-0.05, 0) is 29.2 Å². The number of phenolic OH excluding ortho intramolecular Hbond substituents is 1. The molecule has 3 unspecified atom stereocenters. The third-order valence-corrected chi connectivity index (χ3v) is 4.86. The smallest absolute Gasteiger partial charge is 0.133 e. The lowest BCUT2D eigenvalue weighted by molar-refractivity contribution is 0.413. The summed E-state index contributed by atoms with van der Waals surface area (Å²) in [4.78, 5) is 0. The molecule has 1 aromatic rings. The van der Waals surface area contributed by atoms with E-state index in [0.29, 0.717) is 5.92 Å². The summed E-state index contributed by atoms with van der Waals surface area (Å²) in [6, 6.07) is 1.97. The summed E-state index contributed by atoms with van der Waals surface area (Å²) in [5.41, 5.74) is 0.0883. The zero-order valence-corrected chi connectivity index (χ0v) is 11.3. The molecule has 1 fully saturated rings. The fraction of sp³-hybridized carbons (Fsp3) is 0.429. The SMILES string of the molecule is Oc1cc(F)c(C2C(Br)=CC3CCCC32)c(F)c1. The first-order valence-corrected chi connectivity index (χ1v) is 6.92. The van der Waals surface area contributed by atoms with Crippen LogP contribution in [0.4, 0.5) is 8.78 Å². The van der Waals surface area contributed by atoms with Gasteiger partial charge < -0.3 is 5.11 Å². The van der Waals surface area contributed by atoms with Crippen LogP contribution in [-0.2, 0) is 0 Å². The number of rotatable bonds is 1. The van der Waals surface area contributed by atoms with Crippen LogP contribution >= 0.6 is 15.9 Å². The number of fused-ring (bicyclic) bond motifs is 1. The summed E-state index contributed by atoms with van der Waals surface area (Å²) in [6.45, 7) is 0. The Balaban J connectivity index is 2.08. The largest absolute Gasteiger partial charge is 0.508 e. The van der Waals surface area contributed by atoms with Crippen LogP contribution in [0.25, 0.3) is 0 Å². The molecule has 0 saturated heterocycles. The molecule has 1 saturated carbocycles. The van der Waals surface area contributed by atoms with E-state index in [-0.39, 0.29) is 23.1 Å².